The molecule has 4 nitrogen and oxygen atoms in total. The summed E-state index contributed by atoms with van der Waals surface area (Å²) in [6.07, 6.45) is 0.727. The lowest BCUT2D eigenvalue weighted by Crippen LogP contribution is -2.28. The van der Waals surface area contributed by atoms with E-state index in [1.807, 2.05) is 36.9 Å². The summed E-state index contributed by atoms with van der Waals surface area (Å²) in [5.41, 5.74) is 2.01. The predicted molar refractivity (Wildman–Crippen MR) is 85.7 cm³/mol. The molecule has 5 heteroatoms. The summed E-state index contributed by atoms with van der Waals surface area (Å²) in [6.45, 7) is 5.16. The van der Waals surface area contributed by atoms with Crippen LogP contribution in [0, 0.1) is 6.92 Å². The Labute approximate surface area is 130 Å². The molecule has 0 bridgehead atoms. The van der Waals surface area contributed by atoms with E-state index in [1.165, 1.54) is 0 Å². The van der Waals surface area contributed by atoms with Crippen molar-refractivity contribution in [2.24, 2.45) is 0 Å². The smallest absolute Gasteiger partial charge is 0.137 e. The van der Waals surface area contributed by atoms with Crippen LogP contribution in [0.4, 0.5) is 5.82 Å². The van der Waals surface area contributed by atoms with Crippen molar-refractivity contribution in [3.63, 3.8) is 0 Å². The SMILES string of the molecule is CCc1nc(Cl)c(C)c(N(CCO)Cc2ccccc2)n1. The Balaban J connectivity index is 2.35. The number of aliphatic hydroxyl groups is 1. The highest BCUT2D eigenvalue weighted by Crippen LogP contribution is 2.25. The number of hydrogen-bond donors (Lipinski definition) is 1. The molecule has 0 aliphatic heterocycles. The molecule has 2 aromatic rings. The van der Waals surface area contributed by atoms with Crippen LogP contribution < -0.4 is 4.90 Å². The first-order chi connectivity index (χ1) is 10.2. The molecule has 0 saturated heterocycles. The van der Waals surface area contributed by atoms with Gasteiger partial charge in [0.05, 0.1) is 6.61 Å². The van der Waals surface area contributed by atoms with E-state index in [0.29, 0.717) is 18.2 Å². The number of anilines is 1. The molecule has 1 aromatic carbocycles. The van der Waals surface area contributed by atoms with Crippen LogP contribution in [-0.4, -0.2) is 28.2 Å². The molecular weight excluding hydrogens is 286 g/mol. The van der Waals surface area contributed by atoms with Gasteiger partial charge in [-0.05, 0) is 12.5 Å². The van der Waals surface area contributed by atoms with E-state index in [2.05, 4.69) is 22.1 Å². The molecule has 0 fully saturated rings. The Morgan fingerprint density at radius 3 is 2.52 bits per heavy atom. The topological polar surface area (TPSA) is 49.2 Å². The molecular formula is C16H20ClN3O. The monoisotopic (exact) mass is 305 g/mol. The molecule has 0 saturated carbocycles. The normalized spacial score (nSPS) is 10.7. The molecule has 0 radical (unpaired) electrons. The van der Waals surface area contributed by atoms with Gasteiger partial charge in [0, 0.05) is 25.1 Å². The van der Waals surface area contributed by atoms with Gasteiger partial charge in [-0.15, -0.1) is 0 Å². The van der Waals surface area contributed by atoms with Gasteiger partial charge in [-0.1, -0.05) is 48.9 Å². The second-order valence-corrected chi connectivity index (χ2v) is 5.22. The number of rotatable bonds is 6. The minimum Gasteiger partial charge on any atom is -0.395 e. The van der Waals surface area contributed by atoms with Crippen molar-refractivity contribution in [3.8, 4) is 0 Å². The van der Waals surface area contributed by atoms with Crippen molar-refractivity contribution in [1.82, 2.24) is 9.97 Å². The van der Waals surface area contributed by atoms with E-state index < -0.39 is 0 Å². The first-order valence-electron chi connectivity index (χ1n) is 7.08. The van der Waals surface area contributed by atoms with Gasteiger partial charge in [0.25, 0.3) is 0 Å². The first-order valence-corrected chi connectivity index (χ1v) is 7.46. The predicted octanol–water partition coefficient (Wildman–Crippen LogP) is 3.00. The van der Waals surface area contributed by atoms with Gasteiger partial charge in [0.1, 0.15) is 16.8 Å². The number of aromatic nitrogens is 2. The van der Waals surface area contributed by atoms with E-state index >= 15 is 0 Å². The Morgan fingerprint density at radius 2 is 1.90 bits per heavy atom. The molecule has 0 aliphatic carbocycles. The Bertz CT molecular complexity index is 590. The van der Waals surface area contributed by atoms with E-state index in [4.69, 9.17) is 11.6 Å². The molecule has 0 unspecified atom stereocenters. The number of halogens is 1. The molecule has 0 spiro atoms. The quantitative estimate of drug-likeness (QED) is 0.834. The van der Waals surface area contributed by atoms with Crippen molar-refractivity contribution in [2.45, 2.75) is 26.8 Å². The Morgan fingerprint density at radius 1 is 1.19 bits per heavy atom. The van der Waals surface area contributed by atoms with Crippen LogP contribution >= 0.6 is 11.6 Å². The fourth-order valence-corrected chi connectivity index (χ4v) is 2.35. The summed E-state index contributed by atoms with van der Waals surface area (Å²) in [6, 6.07) is 10.1. The van der Waals surface area contributed by atoms with E-state index in [0.717, 1.165) is 29.2 Å². The number of aryl methyl sites for hydroxylation is 1. The summed E-state index contributed by atoms with van der Waals surface area (Å²) in [4.78, 5) is 10.9. The summed E-state index contributed by atoms with van der Waals surface area (Å²) in [5, 5.41) is 9.82. The average molecular weight is 306 g/mol. The fourth-order valence-electron chi connectivity index (χ4n) is 2.17. The molecule has 1 aromatic heterocycles. The molecule has 112 valence electrons. The van der Waals surface area contributed by atoms with Gasteiger partial charge in [-0.2, -0.15) is 0 Å². The summed E-state index contributed by atoms with van der Waals surface area (Å²) in [7, 11) is 0. The van der Waals surface area contributed by atoms with Crippen molar-refractivity contribution >= 4 is 17.4 Å². The second-order valence-electron chi connectivity index (χ2n) is 4.86. The maximum atomic E-state index is 9.34. The van der Waals surface area contributed by atoms with Crippen LogP contribution in [0.3, 0.4) is 0 Å². The zero-order valence-electron chi connectivity index (χ0n) is 12.4. The summed E-state index contributed by atoms with van der Waals surface area (Å²) in [5.74, 6) is 1.52. The molecule has 1 N–H and O–H groups in total. The zero-order valence-corrected chi connectivity index (χ0v) is 13.1. The third-order valence-electron chi connectivity index (χ3n) is 3.31. The summed E-state index contributed by atoms with van der Waals surface area (Å²) >= 11 is 6.20. The molecule has 0 aliphatic rings. The lowest BCUT2D eigenvalue weighted by atomic mass is 10.2. The first kappa shape index (κ1) is 15.7. The van der Waals surface area contributed by atoms with Gasteiger partial charge in [0.15, 0.2) is 0 Å². The van der Waals surface area contributed by atoms with Gasteiger partial charge < -0.3 is 10.0 Å². The van der Waals surface area contributed by atoms with Gasteiger partial charge >= 0.3 is 0 Å². The van der Waals surface area contributed by atoms with Gasteiger partial charge in [-0.3, -0.25) is 0 Å². The van der Waals surface area contributed by atoms with E-state index in [1.54, 1.807) is 0 Å². The molecule has 1 heterocycles. The lowest BCUT2D eigenvalue weighted by molar-refractivity contribution is 0.301. The van der Waals surface area contributed by atoms with Crippen molar-refractivity contribution in [3.05, 3.63) is 52.4 Å². The van der Waals surface area contributed by atoms with Crippen molar-refractivity contribution in [2.75, 3.05) is 18.1 Å². The van der Waals surface area contributed by atoms with Crippen molar-refractivity contribution < 1.29 is 5.11 Å². The van der Waals surface area contributed by atoms with Crippen molar-refractivity contribution in [1.29, 1.82) is 0 Å². The molecule has 21 heavy (non-hydrogen) atoms. The summed E-state index contributed by atoms with van der Waals surface area (Å²) < 4.78 is 0. The minimum absolute atomic E-state index is 0.0648. The van der Waals surface area contributed by atoms with Crippen LogP contribution in [-0.2, 0) is 13.0 Å². The Hall–Kier alpha value is -1.65. The van der Waals surface area contributed by atoms with Crippen LogP contribution in [0.25, 0.3) is 0 Å². The zero-order chi connectivity index (χ0) is 15.2. The highest BCUT2D eigenvalue weighted by molar-refractivity contribution is 6.30. The number of hydrogen-bond acceptors (Lipinski definition) is 4. The molecule has 0 atom stereocenters. The number of nitrogens with zero attached hydrogens (tertiary/aromatic N) is 3. The standard InChI is InChI=1S/C16H20ClN3O/c1-3-14-18-15(17)12(2)16(19-14)20(9-10-21)11-13-7-5-4-6-8-13/h4-8,21H,3,9-11H2,1-2H3. The average Bonchev–Trinajstić information content (AvgIpc) is 2.50. The van der Waals surface area contributed by atoms with Gasteiger partial charge in [0.2, 0.25) is 0 Å². The molecule has 2 rings (SSSR count). The number of benzene rings is 1. The Kier molecular flexibility index (Phi) is 5.53. The van der Waals surface area contributed by atoms with Crippen LogP contribution in [0.15, 0.2) is 30.3 Å². The van der Waals surface area contributed by atoms with Crippen LogP contribution in [0.2, 0.25) is 5.15 Å². The molecule has 0 amide bonds. The third kappa shape index (κ3) is 3.93. The second kappa shape index (κ2) is 7.38. The van der Waals surface area contributed by atoms with Crippen LogP contribution in [0.1, 0.15) is 23.9 Å². The minimum atomic E-state index is 0.0648. The number of aliphatic hydroxyl groups excluding tert-OH is 1. The maximum Gasteiger partial charge on any atom is 0.137 e. The maximum absolute atomic E-state index is 9.34. The highest BCUT2D eigenvalue weighted by Gasteiger charge is 2.15. The largest absolute Gasteiger partial charge is 0.395 e. The van der Waals surface area contributed by atoms with Gasteiger partial charge in [-0.25, -0.2) is 9.97 Å². The van der Waals surface area contributed by atoms with E-state index in [-0.39, 0.29) is 6.61 Å². The van der Waals surface area contributed by atoms with Crippen LogP contribution in [0.5, 0.6) is 0 Å². The third-order valence-corrected chi connectivity index (χ3v) is 3.68. The highest BCUT2D eigenvalue weighted by atomic mass is 35.5. The van der Waals surface area contributed by atoms with E-state index in [9.17, 15) is 5.11 Å². The lowest BCUT2D eigenvalue weighted by Gasteiger charge is -2.25. The fraction of sp³-hybridized carbons (Fsp3) is 0.375.